The van der Waals surface area contributed by atoms with Gasteiger partial charge >= 0.3 is 5.97 Å². The van der Waals surface area contributed by atoms with Gasteiger partial charge in [0.05, 0.1) is 0 Å². The molecule has 0 aromatic heterocycles. The number of nitrogens with two attached hydrogens (primary N) is 2. The van der Waals surface area contributed by atoms with E-state index in [0.29, 0.717) is 18.6 Å². The molecule has 0 fully saturated rings. The minimum Gasteiger partial charge on any atom is -0.480 e. The van der Waals surface area contributed by atoms with Crippen molar-refractivity contribution in [3.05, 3.63) is 12.7 Å². The summed E-state index contributed by atoms with van der Waals surface area (Å²) in [5, 5.41) is 16.0. The van der Waals surface area contributed by atoms with E-state index in [2.05, 4.69) is 6.58 Å². The first-order chi connectivity index (χ1) is 6.49. The zero-order chi connectivity index (χ0) is 11.1. The van der Waals surface area contributed by atoms with Gasteiger partial charge < -0.3 is 22.0 Å². The quantitative estimate of drug-likeness (QED) is 0.344. The van der Waals surface area contributed by atoms with Crippen molar-refractivity contribution in [2.75, 3.05) is 0 Å². The van der Waals surface area contributed by atoms with Gasteiger partial charge in [0.1, 0.15) is 6.04 Å². The van der Waals surface area contributed by atoms with Crippen LogP contribution in [0.3, 0.4) is 0 Å². The van der Waals surface area contributed by atoms with Crippen LogP contribution in [0.15, 0.2) is 12.7 Å². The number of allylic oxidation sites excluding steroid dienone is 1. The van der Waals surface area contributed by atoms with Gasteiger partial charge in [0.25, 0.3) is 0 Å². The molecule has 0 aliphatic carbocycles. The Morgan fingerprint density at radius 1 is 1.43 bits per heavy atom. The fourth-order valence-corrected chi connectivity index (χ4v) is 0.964. The zero-order valence-corrected chi connectivity index (χ0v) is 8.07. The van der Waals surface area contributed by atoms with Crippen LogP contribution in [0.25, 0.3) is 0 Å². The molecule has 2 unspecified atom stereocenters. The second kappa shape index (κ2) is 6.28. The number of nitrogens with one attached hydrogen (secondary N) is 1. The fourth-order valence-electron chi connectivity index (χ4n) is 0.964. The van der Waals surface area contributed by atoms with Crippen LogP contribution in [0.2, 0.25) is 0 Å². The minimum absolute atomic E-state index is 0.288. The van der Waals surface area contributed by atoms with Crippen LogP contribution in [0.1, 0.15) is 19.3 Å². The highest BCUT2D eigenvalue weighted by atomic mass is 16.4. The van der Waals surface area contributed by atoms with Crippen molar-refractivity contribution in [1.29, 1.82) is 5.41 Å². The molecule has 0 radical (unpaired) electrons. The molecule has 0 amide bonds. The molecule has 14 heavy (non-hydrogen) atoms. The van der Waals surface area contributed by atoms with Crippen LogP contribution in [0.4, 0.5) is 0 Å². The van der Waals surface area contributed by atoms with E-state index in [4.69, 9.17) is 22.0 Å². The first-order valence-electron chi connectivity index (χ1n) is 4.41. The van der Waals surface area contributed by atoms with Gasteiger partial charge in [0, 0.05) is 18.2 Å². The first kappa shape index (κ1) is 12.8. The number of carboxylic acid groups (broad SMARTS) is 1. The summed E-state index contributed by atoms with van der Waals surface area (Å²) in [4.78, 5) is 10.4. The third-order valence-electron chi connectivity index (χ3n) is 1.92. The molecule has 6 N–H and O–H groups in total. The lowest BCUT2D eigenvalue weighted by Gasteiger charge is -2.13. The lowest BCUT2D eigenvalue weighted by molar-refractivity contribution is -0.138. The van der Waals surface area contributed by atoms with Gasteiger partial charge in [-0.25, -0.2) is 0 Å². The van der Waals surface area contributed by atoms with Crippen molar-refractivity contribution in [1.82, 2.24) is 0 Å². The molecule has 2 atom stereocenters. The molecule has 0 aliphatic heterocycles. The second-order valence-electron chi connectivity index (χ2n) is 3.15. The number of rotatable bonds is 7. The normalized spacial score (nSPS) is 14.4. The standard InChI is InChI=1S/C9H17N3O2/c1-2-3-6(10)7(11)4-5-8(12)9(13)14/h2,7-8,10H,1,3-5,11-12H2,(H,13,14). The third-order valence-corrected chi connectivity index (χ3v) is 1.92. The maximum absolute atomic E-state index is 10.4. The average molecular weight is 199 g/mol. The molecule has 0 aliphatic rings. The Balaban J connectivity index is 3.83. The van der Waals surface area contributed by atoms with E-state index in [0.717, 1.165) is 0 Å². The van der Waals surface area contributed by atoms with Gasteiger partial charge in [-0.1, -0.05) is 6.08 Å². The van der Waals surface area contributed by atoms with Gasteiger partial charge in [0.15, 0.2) is 0 Å². The van der Waals surface area contributed by atoms with Crippen molar-refractivity contribution in [2.24, 2.45) is 11.5 Å². The highest BCUT2D eigenvalue weighted by Crippen LogP contribution is 2.02. The molecule has 0 heterocycles. The number of aliphatic carboxylic acids is 1. The molecular weight excluding hydrogens is 182 g/mol. The smallest absolute Gasteiger partial charge is 0.320 e. The SMILES string of the molecule is C=CCC(=N)C(N)CCC(N)C(=O)O. The second-order valence-corrected chi connectivity index (χ2v) is 3.15. The van der Waals surface area contributed by atoms with Gasteiger partial charge in [-0.3, -0.25) is 4.79 Å². The van der Waals surface area contributed by atoms with Crippen LogP contribution in [0, 0.1) is 5.41 Å². The number of hydrogen-bond acceptors (Lipinski definition) is 4. The van der Waals surface area contributed by atoms with Crippen LogP contribution in [-0.4, -0.2) is 28.9 Å². The summed E-state index contributed by atoms with van der Waals surface area (Å²) in [6.45, 7) is 3.49. The Kier molecular flexibility index (Phi) is 5.74. The Bertz CT molecular complexity index is 228. The predicted molar refractivity (Wildman–Crippen MR) is 55.4 cm³/mol. The van der Waals surface area contributed by atoms with Crippen molar-refractivity contribution >= 4 is 11.7 Å². The number of hydrogen-bond donors (Lipinski definition) is 4. The summed E-state index contributed by atoms with van der Waals surface area (Å²) in [6, 6.07) is -1.31. The van der Waals surface area contributed by atoms with E-state index < -0.39 is 18.1 Å². The Labute approximate surface area is 83.3 Å². The molecule has 80 valence electrons. The summed E-state index contributed by atoms with van der Waals surface area (Å²) < 4.78 is 0. The highest BCUT2D eigenvalue weighted by molar-refractivity contribution is 5.87. The van der Waals surface area contributed by atoms with E-state index in [1.807, 2.05) is 0 Å². The van der Waals surface area contributed by atoms with Crippen LogP contribution >= 0.6 is 0 Å². The molecule has 0 rings (SSSR count). The van der Waals surface area contributed by atoms with Crippen LogP contribution < -0.4 is 11.5 Å². The van der Waals surface area contributed by atoms with E-state index in [1.54, 1.807) is 6.08 Å². The molecule has 0 bridgehead atoms. The van der Waals surface area contributed by atoms with Crippen molar-refractivity contribution in [3.8, 4) is 0 Å². The van der Waals surface area contributed by atoms with E-state index in [-0.39, 0.29) is 6.42 Å². The summed E-state index contributed by atoms with van der Waals surface area (Å²) in [5.41, 5.74) is 11.3. The Hall–Kier alpha value is -1.20. The molecule has 5 nitrogen and oxygen atoms in total. The molecule has 0 aromatic carbocycles. The van der Waals surface area contributed by atoms with Gasteiger partial charge in [0.2, 0.25) is 0 Å². The number of carboxylic acids is 1. The monoisotopic (exact) mass is 199 g/mol. The summed E-state index contributed by atoms with van der Waals surface area (Å²) in [7, 11) is 0. The minimum atomic E-state index is -1.03. The third kappa shape index (κ3) is 4.74. The molecule has 0 saturated carbocycles. The molecule has 0 saturated heterocycles. The maximum atomic E-state index is 10.4. The van der Waals surface area contributed by atoms with Crippen LogP contribution in [-0.2, 0) is 4.79 Å². The average Bonchev–Trinajstić information content (AvgIpc) is 2.13. The number of carbonyl (C=O) groups is 1. The fraction of sp³-hybridized carbons (Fsp3) is 0.556. The molecule has 5 heteroatoms. The van der Waals surface area contributed by atoms with Crippen molar-refractivity contribution in [3.63, 3.8) is 0 Å². The van der Waals surface area contributed by atoms with Crippen molar-refractivity contribution < 1.29 is 9.90 Å². The van der Waals surface area contributed by atoms with Crippen LogP contribution in [0.5, 0.6) is 0 Å². The molecule has 0 spiro atoms. The summed E-state index contributed by atoms with van der Waals surface area (Å²) in [5.74, 6) is -1.03. The lowest BCUT2D eigenvalue weighted by Crippen LogP contribution is -2.35. The summed E-state index contributed by atoms with van der Waals surface area (Å²) >= 11 is 0. The van der Waals surface area contributed by atoms with Gasteiger partial charge in [-0.15, -0.1) is 6.58 Å². The molecular formula is C9H17N3O2. The maximum Gasteiger partial charge on any atom is 0.320 e. The predicted octanol–water partition coefficient (Wildman–Crippen LogP) is 0.102. The Morgan fingerprint density at radius 2 is 1.93 bits per heavy atom. The zero-order valence-electron chi connectivity index (χ0n) is 8.07. The largest absolute Gasteiger partial charge is 0.480 e. The van der Waals surface area contributed by atoms with Gasteiger partial charge in [-0.2, -0.15) is 0 Å². The topological polar surface area (TPSA) is 113 Å². The van der Waals surface area contributed by atoms with E-state index in [9.17, 15) is 4.79 Å². The van der Waals surface area contributed by atoms with Gasteiger partial charge in [-0.05, 0) is 12.8 Å². The Morgan fingerprint density at radius 3 is 2.36 bits per heavy atom. The summed E-state index contributed by atoms with van der Waals surface area (Å²) in [6.07, 6.45) is 2.74. The van der Waals surface area contributed by atoms with Crippen molar-refractivity contribution in [2.45, 2.75) is 31.3 Å². The first-order valence-corrected chi connectivity index (χ1v) is 4.41. The lowest BCUT2D eigenvalue weighted by atomic mass is 10.0. The molecule has 0 aromatic rings. The highest BCUT2D eigenvalue weighted by Gasteiger charge is 2.14. The van der Waals surface area contributed by atoms with E-state index in [1.165, 1.54) is 0 Å². The van der Waals surface area contributed by atoms with E-state index >= 15 is 0 Å².